The van der Waals surface area contributed by atoms with E-state index in [4.69, 9.17) is 5.73 Å². The summed E-state index contributed by atoms with van der Waals surface area (Å²) >= 11 is 0. The van der Waals surface area contributed by atoms with Crippen LogP contribution in [0.1, 0.15) is 39.4 Å². The van der Waals surface area contributed by atoms with Gasteiger partial charge in [0.1, 0.15) is 12.2 Å². The second-order valence-corrected chi connectivity index (χ2v) is 4.78. The molecule has 4 heteroatoms. The first-order valence-electron chi connectivity index (χ1n) is 5.66. The highest BCUT2D eigenvalue weighted by Crippen LogP contribution is 2.24. The number of rotatable bonds is 6. The van der Waals surface area contributed by atoms with Crippen LogP contribution in [0.15, 0.2) is 6.33 Å². The van der Waals surface area contributed by atoms with E-state index in [-0.39, 0.29) is 5.41 Å². The minimum Gasteiger partial charge on any atom is -0.330 e. The fourth-order valence-corrected chi connectivity index (χ4v) is 1.73. The fraction of sp³-hybridized carbons (Fsp3) is 0.818. The molecular formula is C11H22N4. The summed E-state index contributed by atoms with van der Waals surface area (Å²) in [5, 5.41) is 4.22. The standard InChI is InChI=1S/C11H22N4/c1-4-7-15-10(13-9-14-15)8-11(2,3)5-6-12/h9H,4-8,12H2,1-3H3. The van der Waals surface area contributed by atoms with Crippen molar-refractivity contribution in [1.29, 1.82) is 0 Å². The van der Waals surface area contributed by atoms with Gasteiger partial charge in [-0.25, -0.2) is 4.98 Å². The molecule has 0 saturated heterocycles. The molecule has 2 N–H and O–H groups in total. The molecule has 1 rings (SSSR count). The van der Waals surface area contributed by atoms with Crippen LogP contribution in [0.25, 0.3) is 0 Å². The number of aromatic nitrogens is 3. The molecule has 0 spiro atoms. The Morgan fingerprint density at radius 1 is 1.47 bits per heavy atom. The van der Waals surface area contributed by atoms with Crippen molar-refractivity contribution in [1.82, 2.24) is 14.8 Å². The summed E-state index contributed by atoms with van der Waals surface area (Å²) in [6.45, 7) is 8.29. The Bertz CT molecular complexity index is 291. The van der Waals surface area contributed by atoms with E-state index < -0.39 is 0 Å². The molecule has 1 aromatic rings. The van der Waals surface area contributed by atoms with Crippen LogP contribution in [0.2, 0.25) is 0 Å². The molecular weight excluding hydrogens is 188 g/mol. The van der Waals surface area contributed by atoms with Gasteiger partial charge < -0.3 is 5.73 Å². The van der Waals surface area contributed by atoms with Crippen LogP contribution in [0.3, 0.4) is 0 Å². The van der Waals surface area contributed by atoms with Gasteiger partial charge in [0.05, 0.1) is 0 Å². The normalized spacial score (nSPS) is 12.0. The summed E-state index contributed by atoms with van der Waals surface area (Å²) in [6, 6.07) is 0. The van der Waals surface area contributed by atoms with E-state index in [0.29, 0.717) is 0 Å². The van der Waals surface area contributed by atoms with E-state index in [9.17, 15) is 0 Å². The molecule has 0 aromatic carbocycles. The van der Waals surface area contributed by atoms with Crippen LogP contribution in [0.4, 0.5) is 0 Å². The second kappa shape index (κ2) is 5.26. The largest absolute Gasteiger partial charge is 0.330 e. The Morgan fingerprint density at radius 3 is 2.80 bits per heavy atom. The van der Waals surface area contributed by atoms with Gasteiger partial charge in [0, 0.05) is 13.0 Å². The predicted molar refractivity (Wildman–Crippen MR) is 61.5 cm³/mol. The summed E-state index contributed by atoms with van der Waals surface area (Å²) < 4.78 is 2.00. The molecule has 0 atom stereocenters. The van der Waals surface area contributed by atoms with Gasteiger partial charge in [0.25, 0.3) is 0 Å². The van der Waals surface area contributed by atoms with Crippen LogP contribution in [-0.2, 0) is 13.0 Å². The maximum absolute atomic E-state index is 5.60. The van der Waals surface area contributed by atoms with Crippen LogP contribution >= 0.6 is 0 Å². The number of hydrogen-bond acceptors (Lipinski definition) is 3. The first-order valence-corrected chi connectivity index (χ1v) is 5.66. The van der Waals surface area contributed by atoms with Crippen molar-refractivity contribution in [3.63, 3.8) is 0 Å². The lowest BCUT2D eigenvalue weighted by Crippen LogP contribution is -2.22. The van der Waals surface area contributed by atoms with Gasteiger partial charge in [-0.3, -0.25) is 4.68 Å². The Hall–Kier alpha value is -0.900. The Labute approximate surface area is 91.9 Å². The van der Waals surface area contributed by atoms with Crippen molar-refractivity contribution in [2.24, 2.45) is 11.1 Å². The third-order valence-corrected chi connectivity index (χ3v) is 2.59. The highest BCUT2D eigenvalue weighted by Gasteiger charge is 2.20. The van der Waals surface area contributed by atoms with Gasteiger partial charge in [0.2, 0.25) is 0 Å². The highest BCUT2D eigenvalue weighted by atomic mass is 15.3. The van der Waals surface area contributed by atoms with Gasteiger partial charge in [0.15, 0.2) is 0 Å². The summed E-state index contributed by atoms with van der Waals surface area (Å²) in [6.07, 6.45) is 4.70. The molecule has 0 unspecified atom stereocenters. The van der Waals surface area contributed by atoms with Gasteiger partial charge in [-0.1, -0.05) is 20.8 Å². The average molecular weight is 210 g/mol. The number of nitrogens with zero attached hydrogens (tertiary/aromatic N) is 3. The Balaban J connectivity index is 2.66. The van der Waals surface area contributed by atoms with Crippen molar-refractivity contribution < 1.29 is 0 Å². The van der Waals surface area contributed by atoms with Gasteiger partial charge >= 0.3 is 0 Å². The molecule has 15 heavy (non-hydrogen) atoms. The van der Waals surface area contributed by atoms with Crippen LogP contribution < -0.4 is 5.73 Å². The van der Waals surface area contributed by atoms with E-state index >= 15 is 0 Å². The third-order valence-electron chi connectivity index (χ3n) is 2.59. The molecule has 86 valence electrons. The van der Waals surface area contributed by atoms with Crippen LogP contribution in [0.5, 0.6) is 0 Å². The minimum atomic E-state index is 0.216. The smallest absolute Gasteiger partial charge is 0.138 e. The minimum absolute atomic E-state index is 0.216. The molecule has 1 aromatic heterocycles. The van der Waals surface area contributed by atoms with Crippen LogP contribution in [0, 0.1) is 5.41 Å². The number of nitrogens with two attached hydrogens (primary N) is 1. The molecule has 0 saturated carbocycles. The molecule has 0 aliphatic rings. The number of aryl methyl sites for hydroxylation is 1. The quantitative estimate of drug-likeness (QED) is 0.776. The van der Waals surface area contributed by atoms with Gasteiger partial charge in [-0.15, -0.1) is 0 Å². The van der Waals surface area contributed by atoms with E-state index in [0.717, 1.165) is 38.2 Å². The summed E-state index contributed by atoms with van der Waals surface area (Å²) in [7, 11) is 0. The Morgan fingerprint density at radius 2 is 2.20 bits per heavy atom. The summed E-state index contributed by atoms with van der Waals surface area (Å²) in [5.41, 5.74) is 5.81. The van der Waals surface area contributed by atoms with E-state index in [2.05, 4.69) is 30.9 Å². The lowest BCUT2D eigenvalue weighted by molar-refractivity contribution is 0.323. The fourth-order valence-electron chi connectivity index (χ4n) is 1.73. The molecule has 0 aliphatic carbocycles. The first kappa shape index (κ1) is 12.2. The zero-order chi connectivity index (χ0) is 11.3. The topological polar surface area (TPSA) is 56.7 Å². The molecule has 0 bridgehead atoms. The van der Waals surface area contributed by atoms with Crippen molar-refractivity contribution >= 4 is 0 Å². The van der Waals surface area contributed by atoms with E-state index in [1.54, 1.807) is 6.33 Å². The average Bonchev–Trinajstić information content (AvgIpc) is 2.52. The van der Waals surface area contributed by atoms with E-state index in [1.165, 1.54) is 0 Å². The van der Waals surface area contributed by atoms with E-state index in [1.807, 2.05) is 4.68 Å². The van der Waals surface area contributed by atoms with Crippen molar-refractivity contribution in [2.45, 2.75) is 46.6 Å². The van der Waals surface area contributed by atoms with Crippen molar-refractivity contribution in [2.75, 3.05) is 6.54 Å². The zero-order valence-corrected chi connectivity index (χ0v) is 10.0. The lowest BCUT2D eigenvalue weighted by atomic mass is 9.85. The van der Waals surface area contributed by atoms with Gasteiger partial charge in [-0.05, 0) is 24.8 Å². The molecule has 0 amide bonds. The second-order valence-electron chi connectivity index (χ2n) is 4.78. The molecule has 0 radical (unpaired) electrons. The summed E-state index contributed by atoms with van der Waals surface area (Å²) in [5.74, 6) is 1.08. The maximum Gasteiger partial charge on any atom is 0.138 e. The zero-order valence-electron chi connectivity index (χ0n) is 10.0. The van der Waals surface area contributed by atoms with Crippen molar-refractivity contribution in [3.8, 4) is 0 Å². The molecule has 0 fully saturated rings. The SMILES string of the molecule is CCCn1ncnc1CC(C)(C)CCN. The Kier molecular flexibility index (Phi) is 4.27. The molecule has 4 nitrogen and oxygen atoms in total. The molecule has 1 heterocycles. The first-order chi connectivity index (χ1) is 7.09. The monoisotopic (exact) mass is 210 g/mol. The third kappa shape index (κ3) is 3.63. The van der Waals surface area contributed by atoms with Gasteiger partial charge in [-0.2, -0.15) is 5.10 Å². The predicted octanol–water partition coefficient (Wildman–Crippen LogP) is 1.61. The lowest BCUT2D eigenvalue weighted by Gasteiger charge is -2.23. The maximum atomic E-state index is 5.60. The molecule has 0 aliphatic heterocycles. The van der Waals surface area contributed by atoms with Crippen molar-refractivity contribution in [3.05, 3.63) is 12.2 Å². The summed E-state index contributed by atoms with van der Waals surface area (Å²) in [4.78, 5) is 4.31. The number of hydrogen-bond donors (Lipinski definition) is 1. The van der Waals surface area contributed by atoms with Crippen LogP contribution in [-0.4, -0.2) is 21.3 Å². The highest BCUT2D eigenvalue weighted by molar-refractivity contribution is 4.90.